The molecule has 27 heavy (non-hydrogen) atoms. The van der Waals surface area contributed by atoms with Crippen molar-refractivity contribution in [3.8, 4) is 10.6 Å². The number of thiophene rings is 1. The number of nitrogens with zero attached hydrogens (tertiary/aromatic N) is 1. The van der Waals surface area contributed by atoms with Crippen LogP contribution in [-0.2, 0) is 0 Å². The zero-order valence-electron chi connectivity index (χ0n) is 14.0. The molecule has 0 spiro atoms. The summed E-state index contributed by atoms with van der Waals surface area (Å²) >= 11 is 4.76. The number of nitrogens with one attached hydrogen (secondary N) is 4. The van der Waals surface area contributed by atoms with Gasteiger partial charge in [0, 0.05) is 23.8 Å². The van der Waals surface area contributed by atoms with Gasteiger partial charge in [0.05, 0.1) is 10.6 Å². The molecular weight excluding hydrogens is 434 g/mol. The molecule has 0 aromatic carbocycles. The van der Waals surface area contributed by atoms with E-state index in [1.807, 2.05) is 17.5 Å². The van der Waals surface area contributed by atoms with E-state index < -0.39 is 11.5 Å². The molecule has 3 heterocycles. The number of hydrogen-bond donors (Lipinski definition) is 4. The van der Waals surface area contributed by atoms with E-state index in [1.165, 1.54) is 12.3 Å². The highest BCUT2D eigenvalue weighted by atomic mass is 79.9. The number of H-pyrrole nitrogens is 2. The molecule has 0 saturated heterocycles. The van der Waals surface area contributed by atoms with E-state index in [2.05, 4.69) is 41.7 Å². The summed E-state index contributed by atoms with van der Waals surface area (Å²) in [5.74, 6) is -0.749. The predicted octanol–water partition coefficient (Wildman–Crippen LogP) is 2.14. The third-order valence-corrected chi connectivity index (χ3v) is 5.00. The predicted molar refractivity (Wildman–Crippen MR) is 106 cm³/mol. The molecule has 0 aliphatic carbocycles. The average Bonchev–Trinajstić information content (AvgIpc) is 3.34. The van der Waals surface area contributed by atoms with Crippen molar-refractivity contribution in [2.24, 2.45) is 0 Å². The fraction of sp³-hybridized carbons (Fsp3) is 0.176. The Kier molecular flexibility index (Phi) is 6.20. The number of carbonyl (C=O) groups excluding carboxylic acids is 2. The van der Waals surface area contributed by atoms with Crippen molar-refractivity contribution in [3.05, 3.63) is 61.9 Å². The number of pyridine rings is 1. The second-order valence-corrected chi connectivity index (χ2v) is 7.43. The van der Waals surface area contributed by atoms with E-state index in [0.717, 1.165) is 10.6 Å². The molecule has 8 nitrogen and oxygen atoms in total. The molecule has 2 amide bonds. The summed E-state index contributed by atoms with van der Waals surface area (Å²) in [6.45, 7) is 0.696. The van der Waals surface area contributed by atoms with Gasteiger partial charge >= 0.3 is 0 Å². The molecule has 10 heteroatoms. The molecule has 0 bridgehead atoms. The maximum Gasteiger partial charge on any atom is 0.271 e. The van der Waals surface area contributed by atoms with Crippen LogP contribution in [0.1, 0.15) is 27.3 Å². The zero-order valence-corrected chi connectivity index (χ0v) is 16.4. The quantitative estimate of drug-likeness (QED) is 0.413. The van der Waals surface area contributed by atoms with Crippen LogP contribution < -0.4 is 16.2 Å². The van der Waals surface area contributed by atoms with Crippen LogP contribution in [0.25, 0.3) is 10.6 Å². The van der Waals surface area contributed by atoms with E-state index in [1.54, 1.807) is 17.4 Å². The maximum atomic E-state index is 12.1. The number of halogens is 1. The Hall–Kier alpha value is -2.72. The largest absolute Gasteiger partial charge is 0.352 e. The van der Waals surface area contributed by atoms with Gasteiger partial charge in [-0.25, -0.2) is 0 Å². The Morgan fingerprint density at radius 1 is 1.19 bits per heavy atom. The van der Waals surface area contributed by atoms with Crippen LogP contribution >= 0.6 is 27.3 Å². The second-order valence-electron chi connectivity index (χ2n) is 5.57. The maximum absolute atomic E-state index is 12.1. The van der Waals surface area contributed by atoms with Crippen LogP contribution in [0.15, 0.2) is 45.1 Å². The van der Waals surface area contributed by atoms with Gasteiger partial charge in [-0.1, -0.05) is 6.07 Å². The molecule has 3 aromatic rings. The van der Waals surface area contributed by atoms with Crippen molar-refractivity contribution in [3.63, 3.8) is 0 Å². The first-order valence-electron chi connectivity index (χ1n) is 8.08. The topological polar surface area (TPSA) is 120 Å². The minimum Gasteiger partial charge on any atom is -0.352 e. The number of aromatic amines is 2. The molecule has 4 N–H and O–H groups in total. The fourth-order valence-corrected chi connectivity index (χ4v) is 3.34. The Balaban J connectivity index is 1.42. The van der Waals surface area contributed by atoms with Gasteiger partial charge in [0.25, 0.3) is 17.4 Å². The van der Waals surface area contributed by atoms with Gasteiger partial charge in [0.2, 0.25) is 0 Å². The van der Waals surface area contributed by atoms with E-state index >= 15 is 0 Å². The third kappa shape index (κ3) is 4.92. The van der Waals surface area contributed by atoms with Crippen LogP contribution in [0.3, 0.4) is 0 Å². The highest BCUT2D eigenvalue weighted by Gasteiger charge is 2.12. The Bertz CT molecular complexity index is 996. The summed E-state index contributed by atoms with van der Waals surface area (Å²) in [5.41, 5.74) is 0.680. The molecule has 0 radical (unpaired) electrons. The van der Waals surface area contributed by atoms with Crippen molar-refractivity contribution >= 4 is 39.1 Å². The number of carbonyl (C=O) groups is 2. The third-order valence-electron chi connectivity index (χ3n) is 3.63. The highest BCUT2D eigenvalue weighted by molar-refractivity contribution is 9.10. The lowest BCUT2D eigenvalue weighted by Gasteiger charge is -2.06. The van der Waals surface area contributed by atoms with E-state index in [9.17, 15) is 14.4 Å². The van der Waals surface area contributed by atoms with Crippen molar-refractivity contribution in [1.29, 1.82) is 0 Å². The lowest BCUT2D eigenvalue weighted by Crippen LogP contribution is -2.32. The average molecular weight is 450 g/mol. The normalized spacial score (nSPS) is 10.6. The molecule has 0 unspecified atom stereocenters. The molecule has 140 valence electrons. The van der Waals surface area contributed by atoms with Crippen molar-refractivity contribution in [2.75, 3.05) is 13.1 Å². The Morgan fingerprint density at radius 2 is 1.96 bits per heavy atom. The van der Waals surface area contributed by atoms with Gasteiger partial charge in [-0.2, -0.15) is 5.10 Å². The molecule has 0 aliphatic heterocycles. The van der Waals surface area contributed by atoms with Gasteiger partial charge < -0.3 is 15.6 Å². The summed E-state index contributed by atoms with van der Waals surface area (Å²) in [6.07, 6.45) is 1.99. The molecule has 3 rings (SSSR count). The van der Waals surface area contributed by atoms with Gasteiger partial charge in [-0.05, 0) is 45.9 Å². The van der Waals surface area contributed by atoms with Crippen molar-refractivity contribution in [1.82, 2.24) is 25.8 Å². The van der Waals surface area contributed by atoms with Crippen molar-refractivity contribution in [2.45, 2.75) is 6.42 Å². The number of aromatic nitrogens is 3. The minimum atomic E-state index is -0.461. The van der Waals surface area contributed by atoms with Gasteiger partial charge in [-0.3, -0.25) is 19.5 Å². The number of rotatable bonds is 7. The van der Waals surface area contributed by atoms with E-state index in [-0.39, 0.29) is 11.5 Å². The number of hydrogen-bond acceptors (Lipinski definition) is 5. The smallest absolute Gasteiger partial charge is 0.271 e. The molecule has 0 fully saturated rings. The molecule has 0 aliphatic rings. The Morgan fingerprint density at radius 3 is 2.70 bits per heavy atom. The summed E-state index contributed by atoms with van der Waals surface area (Å²) in [4.78, 5) is 39.2. The first-order valence-corrected chi connectivity index (χ1v) is 9.76. The molecule has 3 aromatic heterocycles. The standard InChI is InChI=1S/C17H16BrN5O3S/c18-10-7-11(16(25)21-9-10)15(24)19-4-2-5-20-17(26)13-8-12(22-23-13)14-3-1-6-27-14/h1,3,6-9H,2,4-5H2,(H,19,24)(H,20,26)(H,21,25)(H,22,23). The molecule has 0 saturated carbocycles. The van der Waals surface area contributed by atoms with Crippen molar-refractivity contribution < 1.29 is 9.59 Å². The van der Waals surface area contributed by atoms with Crippen LogP contribution in [0.5, 0.6) is 0 Å². The van der Waals surface area contributed by atoms with Crippen LogP contribution in [0.2, 0.25) is 0 Å². The molecule has 0 atom stereocenters. The summed E-state index contributed by atoms with van der Waals surface area (Å²) in [6, 6.07) is 7.02. The zero-order chi connectivity index (χ0) is 19.2. The van der Waals surface area contributed by atoms with E-state index in [0.29, 0.717) is 29.7 Å². The van der Waals surface area contributed by atoms with E-state index in [4.69, 9.17) is 0 Å². The second kappa shape index (κ2) is 8.78. The Labute approximate surface area is 166 Å². The number of amides is 2. The minimum absolute atomic E-state index is 0.0334. The highest BCUT2D eigenvalue weighted by Crippen LogP contribution is 2.22. The fourth-order valence-electron chi connectivity index (χ4n) is 2.30. The van der Waals surface area contributed by atoms with Crippen LogP contribution in [0, 0.1) is 0 Å². The van der Waals surface area contributed by atoms with Gasteiger partial charge in [0.15, 0.2) is 5.69 Å². The first-order chi connectivity index (χ1) is 13.0. The van der Waals surface area contributed by atoms with Gasteiger partial charge in [0.1, 0.15) is 5.56 Å². The lowest BCUT2D eigenvalue weighted by atomic mass is 10.2. The summed E-state index contributed by atoms with van der Waals surface area (Å²) < 4.78 is 0.612. The van der Waals surface area contributed by atoms with Crippen LogP contribution in [0.4, 0.5) is 0 Å². The monoisotopic (exact) mass is 449 g/mol. The lowest BCUT2D eigenvalue weighted by molar-refractivity contribution is 0.0947. The van der Waals surface area contributed by atoms with Gasteiger partial charge in [-0.15, -0.1) is 11.3 Å². The first kappa shape index (κ1) is 19.1. The summed E-state index contributed by atoms with van der Waals surface area (Å²) in [7, 11) is 0. The SMILES string of the molecule is O=C(NCCCNC(=O)c1cc(Br)c[nH]c1=O)c1cc(-c2cccs2)[nH]n1. The summed E-state index contributed by atoms with van der Waals surface area (Å²) in [5, 5.41) is 14.2. The van der Waals surface area contributed by atoms with Crippen LogP contribution in [-0.4, -0.2) is 40.1 Å². The molecular formula is C17H16BrN5O3S.